The van der Waals surface area contributed by atoms with Crippen molar-refractivity contribution in [1.82, 2.24) is 19.3 Å². The number of alkyl halides is 3. The first-order chi connectivity index (χ1) is 16.5. The molecule has 4 rings (SSSR count). The van der Waals surface area contributed by atoms with Gasteiger partial charge in [-0.25, -0.2) is 13.8 Å². The highest BCUT2D eigenvalue weighted by molar-refractivity contribution is 6.13. The lowest BCUT2D eigenvalue weighted by molar-refractivity contribution is -0.115. The number of amides is 1. The van der Waals surface area contributed by atoms with Gasteiger partial charge in [0.1, 0.15) is 18.1 Å². The number of aliphatic hydroxyl groups is 1. The number of carbonyl (C=O) groups is 1. The minimum atomic E-state index is -4.62. The van der Waals surface area contributed by atoms with Gasteiger partial charge in [0.2, 0.25) is 0 Å². The molecule has 14 heteroatoms. The van der Waals surface area contributed by atoms with Crippen molar-refractivity contribution in [3.63, 3.8) is 0 Å². The first-order valence-electron chi connectivity index (χ1n) is 10.3. The number of aliphatic hydroxyl groups excluding tert-OH is 1. The summed E-state index contributed by atoms with van der Waals surface area (Å²) in [6, 6.07) is 1.67. The van der Waals surface area contributed by atoms with E-state index < -0.39 is 42.1 Å². The van der Waals surface area contributed by atoms with E-state index in [0.717, 1.165) is 29.1 Å². The Morgan fingerprint density at radius 1 is 1.26 bits per heavy atom. The van der Waals surface area contributed by atoms with E-state index in [2.05, 4.69) is 15.3 Å². The van der Waals surface area contributed by atoms with Crippen molar-refractivity contribution in [2.45, 2.75) is 12.3 Å². The van der Waals surface area contributed by atoms with Gasteiger partial charge in [-0.05, 0) is 6.07 Å². The fourth-order valence-electron chi connectivity index (χ4n) is 3.59. The molecule has 1 aliphatic rings. The summed E-state index contributed by atoms with van der Waals surface area (Å²) in [5.74, 6) is -2.58. The van der Waals surface area contributed by atoms with Crippen LogP contribution in [0, 0.1) is 17.0 Å². The molecule has 1 amide bonds. The Balaban J connectivity index is 1.72. The molecule has 0 aliphatic carbocycles. The van der Waals surface area contributed by atoms with Crippen LogP contribution in [-0.4, -0.2) is 81.1 Å². The van der Waals surface area contributed by atoms with E-state index >= 15 is 0 Å². The lowest BCUT2D eigenvalue weighted by atomic mass is 10.1. The van der Waals surface area contributed by atoms with Crippen molar-refractivity contribution >= 4 is 23.0 Å². The highest BCUT2D eigenvalue weighted by Gasteiger charge is 2.29. The van der Waals surface area contributed by atoms with Gasteiger partial charge in [-0.1, -0.05) is 0 Å². The molecule has 1 saturated heterocycles. The van der Waals surface area contributed by atoms with E-state index in [0.29, 0.717) is 6.07 Å². The van der Waals surface area contributed by atoms with Crippen molar-refractivity contribution < 1.29 is 36.6 Å². The maximum atomic E-state index is 14.0. The second kappa shape index (κ2) is 9.54. The van der Waals surface area contributed by atoms with E-state index in [-0.39, 0.29) is 54.6 Å². The molecule has 1 unspecified atom stereocenters. The Kier molecular flexibility index (Phi) is 6.67. The normalized spacial score (nSPS) is 16.9. The van der Waals surface area contributed by atoms with Gasteiger partial charge in [0.25, 0.3) is 5.91 Å². The van der Waals surface area contributed by atoms with Crippen LogP contribution in [0.3, 0.4) is 0 Å². The lowest BCUT2D eigenvalue weighted by Crippen LogP contribution is -2.38. The summed E-state index contributed by atoms with van der Waals surface area (Å²) < 4.78 is 72.7. The average Bonchev–Trinajstić information content (AvgIpc) is 3.10. The monoisotopic (exact) mass is 498 g/mol. The highest BCUT2D eigenvalue weighted by Crippen LogP contribution is 2.24. The number of nitrogens with one attached hydrogen (secondary N) is 2. The number of anilines is 1. The molecule has 1 atom stereocenters. The summed E-state index contributed by atoms with van der Waals surface area (Å²) >= 11 is 0. The second-order valence-corrected chi connectivity index (χ2v) is 7.78. The number of pyridine rings is 2. The van der Waals surface area contributed by atoms with Crippen LogP contribution in [0.15, 0.2) is 30.7 Å². The fourth-order valence-corrected chi connectivity index (χ4v) is 3.59. The predicted molar refractivity (Wildman–Crippen MR) is 113 cm³/mol. The van der Waals surface area contributed by atoms with Crippen molar-refractivity contribution in [2.24, 2.45) is 0 Å². The van der Waals surface area contributed by atoms with E-state index in [4.69, 9.17) is 10.1 Å². The van der Waals surface area contributed by atoms with Crippen molar-refractivity contribution in [3.8, 4) is 0 Å². The summed E-state index contributed by atoms with van der Waals surface area (Å²) in [4.78, 5) is 22.0. The third-order valence-electron chi connectivity index (χ3n) is 5.19. The molecule has 4 heterocycles. The number of imidazole rings is 1. The quantitative estimate of drug-likeness (QED) is 0.367. The number of aromatic nitrogens is 3. The zero-order valence-corrected chi connectivity index (χ0v) is 17.9. The molecule has 3 N–H and O–H groups in total. The van der Waals surface area contributed by atoms with E-state index in [1.807, 2.05) is 0 Å². The minimum Gasteiger partial charge on any atom is -0.389 e. The molecule has 186 valence electrons. The van der Waals surface area contributed by atoms with Gasteiger partial charge in [-0.15, -0.1) is 0 Å². The van der Waals surface area contributed by atoms with Gasteiger partial charge in [-0.2, -0.15) is 13.2 Å². The molecule has 0 saturated carbocycles. The molecule has 9 nitrogen and oxygen atoms in total. The first-order valence-corrected chi connectivity index (χ1v) is 10.3. The largest absolute Gasteiger partial charge is 0.405 e. The predicted octanol–water partition coefficient (Wildman–Crippen LogP) is 2.23. The van der Waals surface area contributed by atoms with Crippen LogP contribution in [0.1, 0.15) is 21.7 Å². The number of rotatable bonds is 5. The highest BCUT2D eigenvalue weighted by atomic mass is 19.4. The molecule has 3 aromatic rings. The Hall–Kier alpha value is -3.65. The zero-order valence-electron chi connectivity index (χ0n) is 17.9. The molecule has 3 aromatic heterocycles. The van der Waals surface area contributed by atoms with Crippen molar-refractivity contribution in [1.29, 1.82) is 5.41 Å². The Morgan fingerprint density at radius 3 is 2.77 bits per heavy atom. The van der Waals surface area contributed by atoms with Crippen LogP contribution < -0.4 is 5.32 Å². The first kappa shape index (κ1) is 24.5. The van der Waals surface area contributed by atoms with E-state index in [1.54, 1.807) is 0 Å². The summed E-state index contributed by atoms with van der Waals surface area (Å²) in [7, 11) is 0. The maximum absolute atomic E-state index is 14.0. The Labute approximate surface area is 194 Å². The second-order valence-electron chi connectivity index (χ2n) is 7.78. The smallest absolute Gasteiger partial charge is 0.389 e. The van der Waals surface area contributed by atoms with Gasteiger partial charge in [-0.3, -0.25) is 19.6 Å². The number of β-amino-alcohol motifs (C(OH)–C–C–N with tert-alkyl or cyclic N) is 1. The molecule has 0 bridgehead atoms. The van der Waals surface area contributed by atoms with Crippen molar-refractivity contribution in [3.05, 3.63) is 59.3 Å². The van der Waals surface area contributed by atoms with Crippen LogP contribution in [0.25, 0.3) is 5.65 Å². The molecule has 0 spiro atoms. The molecule has 1 fully saturated rings. The van der Waals surface area contributed by atoms with E-state index in [1.165, 1.54) is 4.90 Å². The van der Waals surface area contributed by atoms with Gasteiger partial charge < -0.3 is 20.1 Å². The third kappa shape index (κ3) is 5.38. The number of nitrogens with zero attached hydrogens (tertiary/aromatic N) is 4. The Bertz CT molecular complexity index is 1280. The SMILES string of the molecule is N=C(c1cnc(C(=O)N2CCOCC(O)C2)cc1NCC(F)(F)F)c1cnc2c(F)cc(F)cn12. The molecule has 0 aromatic carbocycles. The molecular formula is C21H19F5N6O3. The van der Waals surface area contributed by atoms with Crippen LogP contribution >= 0.6 is 0 Å². The van der Waals surface area contributed by atoms with Gasteiger partial charge >= 0.3 is 6.18 Å². The standard InChI is InChI=1S/C21H19F5N6O3/c22-11-3-14(23)19-29-6-17(32(19)7-11)18(27)13-5-28-16(4-15(13)30-10-21(24,25)26)20(34)31-1-2-35-9-12(33)8-31/h3-7,12,27,33H,1-2,8-10H2,(H,28,30). The number of hydrogen-bond acceptors (Lipinski definition) is 7. The minimum absolute atomic E-state index is 0.0339. The van der Waals surface area contributed by atoms with Gasteiger partial charge in [0.05, 0.1) is 36.9 Å². The van der Waals surface area contributed by atoms with Gasteiger partial charge in [0, 0.05) is 42.8 Å². The average molecular weight is 498 g/mol. The molecular weight excluding hydrogens is 479 g/mol. The van der Waals surface area contributed by atoms with Crippen LogP contribution in [0.5, 0.6) is 0 Å². The van der Waals surface area contributed by atoms with Crippen LogP contribution in [0.4, 0.5) is 27.6 Å². The maximum Gasteiger partial charge on any atom is 0.405 e. The summed E-state index contributed by atoms with van der Waals surface area (Å²) in [6.07, 6.45) is -2.57. The number of halogens is 5. The number of hydrogen-bond donors (Lipinski definition) is 3. The van der Waals surface area contributed by atoms with Crippen molar-refractivity contribution in [2.75, 3.05) is 38.2 Å². The fraction of sp³-hybridized carbons (Fsp3) is 0.333. The number of fused-ring (bicyclic) bond motifs is 1. The van der Waals surface area contributed by atoms with Gasteiger partial charge in [0.15, 0.2) is 11.5 Å². The van der Waals surface area contributed by atoms with Crippen LogP contribution in [-0.2, 0) is 4.74 Å². The summed E-state index contributed by atoms with van der Waals surface area (Å²) in [5, 5.41) is 20.5. The lowest BCUT2D eigenvalue weighted by Gasteiger charge is -2.22. The topological polar surface area (TPSA) is 116 Å². The van der Waals surface area contributed by atoms with Crippen LogP contribution in [0.2, 0.25) is 0 Å². The number of carbonyl (C=O) groups excluding carboxylic acids is 1. The Morgan fingerprint density at radius 2 is 2.03 bits per heavy atom. The summed E-state index contributed by atoms with van der Waals surface area (Å²) in [6.45, 7) is -1.20. The molecule has 35 heavy (non-hydrogen) atoms. The third-order valence-corrected chi connectivity index (χ3v) is 5.19. The summed E-state index contributed by atoms with van der Waals surface area (Å²) in [5.41, 5.74) is -1.45. The zero-order chi connectivity index (χ0) is 25.3. The number of ether oxygens (including phenoxy) is 1. The molecule has 1 aliphatic heterocycles. The molecule has 0 radical (unpaired) electrons. The van der Waals surface area contributed by atoms with E-state index in [9.17, 15) is 31.9 Å².